The molecule has 1 saturated heterocycles. The molecule has 3 heterocycles. The summed E-state index contributed by atoms with van der Waals surface area (Å²) in [6.07, 6.45) is 0. The average Bonchev–Trinajstić information content (AvgIpc) is 3.26. The Labute approximate surface area is 192 Å². The highest BCUT2D eigenvalue weighted by Crippen LogP contribution is 2.20. The Balaban J connectivity index is 1.19. The van der Waals surface area contributed by atoms with Crippen LogP contribution in [0.15, 0.2) is 60.7 Å². The quantitative estimate of drug-likeness (QED) is 0.512. The SMILES string of the molecule is Cc1cc(C)n2nc(C(=O)Nc3ccc(N4CCN(Cc5ccccc5)CC4)cc3)nc2n1. The minimum Gasteiger partial charge on any atom is -0.369 e. The molecule has 0 unspecified atom stereocenters. The molecule has 0 aliphatic carbocycles. The van der Waals surface area contributed by atoms with Gasteiger partial charge in [0.15, 0.2) is 0 Å². The summed E-state index contributed by atoms with van der Waals surface area (Å²) >= 11 is 0. The molecule has 33 heavy (non-hydrogen) atoms. The first-order valence-electron chi connectivity index (χ1n) is 11.2. The Morgan fingerprint density at radius 2 is 1.67 bits per heavy atom. The van der Waals surface area contributed by atoms with Gasteiger partial charge in [-0.2, -0.15) is 4.98 Å². The third kappa shape index (κ3) is 4.70. The van der Waals surface area contributed by atoms with Crippen LogP contribution in [0.3, 0.4) is 0 Å². The lowest BCUT2D eigenvalue weighted by Crippen LogP contribution is -2.45. The lowest BCUT2D eigenvalue weighted by molar-refractivity contribution is 0.101. The Morgan fingerprint density at radius 3 is 2.39 bits per heavy atom. The highest BCUT2D eigenvalue weighted by atomic mass is 16.2. The van der Waals surface area contributed by atoms with Gasteiger partial charge in [-0.05, 0) is 49.7 Å². The second-order valence-electron chi connectivity index (χ2n) is 8.44. The van der Waals surface area contributed by atoms with Crippen molar-refractivity contribution in [1.29, 1.82) is 0 Å². The third-order valence-electron chi connectivity index (χ3n) is 5.93. The molecule has 1 fully saturated rings. The van der Waals surface area contributed by atoms with Crippen LogP contribution in [0.1, 0.15) is 27.6 Å². The summed E-state index contributed by atoms with van der Waals surface area (Å²) in [6, 6.07) is 20.5. The van der Waals surface area contributed by atoms with Crippen molar-refractivity contribution < 1.29 is 4.79 Å². The molecular weight excluding hydrogens is 414 g/mol. The van der Waals surface area contributed by atoms with Crippen molar-refractivity contribution >= 4 is 23.1 Å². The number of benzene rings is 2. The van der Waals surface area contributed by atoms with Crippen LogP contribution < -0.4 is 10.2 Å². The Hall–Kier alpha value is -3.78. The van der Waals surface area contributed by atoms with E-state index in [1.165, 1.54) is 5.56 Å². The molecule has 8 heteroatoms. The minimum atomic E-state index is -0.347. The summed E-state index contributed by atoms with van der Waals surface area (Å²) in [4.78, 5) is 26.1. The maximum absolute atomic E-state index is 12.7. The van der Waals surface area contributed by atoms with E-state index in [1.807, 2.05) is 32.0 Å². The second-order valence-corrected chi connectivity index (χ2v) is 8.44. The van der Waals surface area contributed by atoms with E-state index in [0.717, 1.165) is 49.8 Å². The molecule has 8 nitrogen and oxygen atoms in total. The van der Waals surface area contributed by atoms with Gasteiger partial charge in [-0.25, -0.2) is 9.50 Å². The zero-order valence-electron chi connectivity index (χ0n) is 18.9. The van der Waals surface area contributed by atoms with Gasteiger partial charge in [0.2, 0.25) is 5.82 Å². The van der Waals surface area contributed by atoms with Gasteiger partial charge in [0.25, 0.3) is 11.7 Å². The van der Waals surface area contributed by atoms with Crippen molar-refractivity contribution in [3.8, 4) is 0 Å². The van der Waals surface area contributed by atoms with Crippen LogP contribution in [0, 0.1) is 13.8 Å². The predicted octanol–water partition coefficient (Wildman–Crippen LogP) is 3.32. The van der Waals surface area contributed by atoms with Gasteiger partial charge < -0.3 is 10.2 Å². The summed E-state index contributed by atoms with van der Waals surface area (Å²) in [7, 11) is 0. The first-order valence-corrected chi connectivity index (χ1v) is 11.2. The number of fused-ring (bicyclic) bond motifs is 1. The number of hydrogen-bond acceptors (Lipinski definition) is 6. The topological polar surface area (TPSA) is 78.7 Å². The zero-order chi connectivity index (χ0) is 22.8. The van der Waals surface area contributed by atoms with Crippen molar-refractivity contribution in [3.05, 3.63) is 83.4 Å². The number of amides is 1. The number of carbonyl (C=O) groups excluding carboxylic acids is 1. The molecule has 1 amide bonds. The summed E-state index contributed by atoms with van der Waals surface area (Å²) in [5.41, 5.74) is 4.96. The van der Waals surface area contributed by atoms with Crippen molar-refractivity contribution in [3.63, 3.8) is 0 Å². The lowest BCUT2D eigenvalue weighted by atomic mass is 10.2. The molecule has 1 aliphatic rings. The van der Waals surface area contributed by atoms with Gasteiger partial charge in [0.05, 0.1) is 0 Å². The van der Waals surface area contributed by atoms with E-state index in [4.69, 9.17) is 0 Å². The van der Waals surface area contributed by atoms with E-state index in [2.05, 4.69) is 72.6 Å². The van der Waals surface area contributed by atoms with E-state index >= 15 is 0 Å². The fraction of sp³-hybridized carbons (Fsp3) is 0.280. The van der Waals surface area contributed by atoms with E-state index in [9.17, 15) is 4.79 Å². The number of carbonyl (C=O) groups is 1. The molecule has 5 rings (SSSR count). The zero-order valence-corrected chi connectivity index (χ0v) is 18.9. The Kier molecular flexibility index (Phi) is 5.75. The molecular formula is C25H27N7O. The molecule has 0 saturated carbocycles. The number of nitrogens with one attached hydrogen (secondary N) is 1. The van der Waals surface area contributed by atoms with Crippen LogP contribution in [0.5, 0.6) is 0 Å². The number of aryl methyl sites for hydroxylation is 2. The molecule has 0 bridgehead atoms. The largest absolute Gasteiger partial charge is 0.369 e. The molecule has 0 spiro atoms. The molecule has 1 aliphatic heterocycles. The number of rotatable bonds is 5. The van der Waals surface area contributed by atoms with Gasteiger partial charge in [-0.15, -0.1) is 5.10 Å². The standard InChI is InChI=1S/C25H27N7O/c1-18-16-19(2)32-25(26-18)28-23(29-32)24(33)27-21-8-10-22(11-9-21)31-14-12-30(13-15-31)17-20-6-4-3-5-7-20/h3-11,16H,12-15,17H2,1-2H3,(H,27,33). The molecule has 2 aromatic heterocycles. The Morgan fingerprint density at radius 1 is 0.939 bits per heavy atom. The van der Waals surface area contributed by atoms with Gasteiger partial charge in [0.1, 0.15) is 0 Å². The first kappa shape index (κ1) is 21.1. The van der Waals surface area contributed by atoms with Crippen molar-refractivity contribution in [2.24, 2.45) is 0 Å². The minimum absolute atomic E-state index is 0.106. The van der Waals surface area contributed by atoms with E-state index < -0.39 is 0 Å². The average molecular weight is 442 g/mol. The number of nitrogens with zero attached hydrogens (tertiary/aromatic N) is 6. The second kappa shape index (κ2) is 8.99. The van der Waals surface area contributed by atoms with Crippen molar-refractivity contribution in [1.82, 2.24) is 24.5 Å². The van der Waals surface area contributed by atoms with Crippen molar-refractivity contribution in [2.75, 3.05) is 36.4 Å². The fourth-order valence-corrected chi connectivity index (χ4v) is 4.21. The maximum atomic E-state index is 12.7. The number of anilines is 2. The molecule has 2 aromatic carbocycles. The van der Waals surface area contributed by atoms with E-state index in [1.54, 1.807) is 4.52 Å². The highest BCUT2D eigenvalue weighted by molar-refractivity contribution is 6.01. The number of aromatic nitrogens is 4. The normalized spacial score (nSPS) is 14.5. The summed E-state index contributed by atoms with van der Waals surface area (Å²) in [5.74, 6) is 0.189. The van der Waals surface area contributed by atoms with Gasteiger partial charge >= 0.3 is 0 Å². The fourth-order valence-electron chi connectivity index (χ4n) is 4.21. The predicted molar refractivity (Wildman–Crippen MR) is 129 cm³/mol. The van der Waals surface area contributed by atoms with Gasteiger partial charge in [-0.3, -0.25) is 9.69 Å². The van der Waals surface area contributed by atoms with E-state index in [0.29, 0.717) is 11.5 Å². The summed E-state index contributed by atoms with van der Waals surface area (Å²) in [6.45, 7) is 8.82. The highest BCUT2D eigenvalue weighted by Gasteiger charge is 2.18. The lowest BCUT2D eigenvalue weighted by Gasteiger charge is -2.36. The van der Waals surface area contributed by atoms with Crippen LogP contribution in [-0.4, -0.2) is 56.6 Å². The third-order valence-corrected chi connectivity index (χ3v) is 5.93. The van der Waals surface area contributed by atoms with E-state index in [-0.39, 0.29) is 11.7 Å². The first-order chi connectivity index (χ1) is 16.0. The van der Waals surface area contributed by atoms with Gasteiger partial charge in [0, 0.05) is 55.5 Å². The van der Waals surface area contributed by atoms with Crippen LogP contribution in [-0.2, 0) is 6.54 Å². The monoisotopic (exact) mass is 441 g/mol. The summed E-state index contributed by atoms with van der Waals surface area (Å²) in [5, 5.41) is 7.18. The molecule has 0 atom stereocenters. The number of piperazine rings is 1. The van der Waals surface area contributed by atoms with Crippen LogP contribution in [0.25, 0.3) is 5.78 Å². The molecule has 168 valence electrons. The van der Waals surface area contributed by atoms with Crippen molar-refractivity contribution in [2.45, 2.75) is 20.4 Å². The smallest absolute Gasteiger partial charge is 0.295 e. The molecule has 0 radical (unpaired) electrons. The van der Waals surface area contributed by atoms with Gasteiger partial charge in [-0.1, -0.05) is 30.3 Å². The maximum Gasteiger partial charge on any atom is 0.295 e. The molecule has 4 aromatic rings. The molecule has 1 N–H and O–H groups in total. The number of hydrogen-bond donors (Lipinski definition) is 1. The van der Waals surface area contributed by atoms with Crippen LogP contribution in [0.2, 0.25) is 0 Å². The summed E-state index contributed by atoms with van der Waals surface area (Å²) < 4.78 is 1.59. The Bertz CT molecular complexity index is 1260. The van der Waals surface area contributed by atoms with Crippen LogP contribution >= 0.6 is 0 Å². The van der Waals surface area contributed by atoms with Crippen LogP contribution in [0.4, 0.5) is 11.4 Å².